The van der Waals surface area contributed by atoms with Crippen molar-refractivity contribution >= 4 is 35.3 Å². The summed E-state index contributed by atoms with van der Waals surface area (Å²) in [6.07, 6.45) is 4.87. The van der Waals surface area contributed by atoms with Crippen LogP contribution in [0.4, 0.5) is 0 Å². The molecular formula is C47H49IrN3OSi-2. The van der Waals surface area contributed by atoms with E-state index in [2.05, 4.69) is 41.7 Å². The summed E-state index contributed by atoms with van der Waals surface area (Å²) in [6, 6.07) is 37.7. The summed E-state index contributed by atoms with van der Waals surface area (Å²) in [4.78, 5) is 13.9. The smallest absolute Gasteiger partial charge is 0.216 e. The third-order valence-electron chi connectivity index (χ3n) is 9.32. The van der Waals surface area contributed by atoms with Gasteiger partial charge in [-0.15, -0.1) is 54.1 Å². The number of hydrogen-bond acceptors (Lipinski definition) is 4. The van der Waals surface area contributed by atoms with Crippen LogP contribution in [0.3, 0.4) is 0 Å². The Labute approximate surface area is 335 Å². The van der Waals surface area contributed by atoms with Crippen molar-refractivity contribution in [2.45, 2.75) is 78.8 Å². The van der Waals surface area contributed by atoms with Crippen LogP contribution in [0.15, 0.2) is 114 Å². The molecule has 0 N–H and O–H groups in total. The number of pyridine rings is 3. The van der Waals surface area contributed by atoms with Crippen LogP contribution in [0.2, 0.25) is 19.6 Å². The molecule has 8 rings (SSSR count). The van der Waals surface area contributed by atoms with E-state index in [-0.39, 0.29) is 26.0 Å². The zero-order valence-corrected chi connectivity index (χ0v) is 34.8. The molecule has 6 heteroatoms. The summed E-state index contributed by atoms with van der Waals surface area (Å²) in [7, 11) is -1.70. The van der Waals surface area contributed by atoms with Gasteiger partial charge < -0.3 is 14.4 Å². The summed E-state index contributed by atoms with van der Waals surface area (Å²) in [5.41, 5.74) is 7.21. The van der Waals surface area contributed by atoms with Gasteiger partial charge >= 0.3 is 0 Å². The van der Waals surface area contributed by atoms with E-state index in [0.717, 1.165) is 75.3 Å². The van der Waals surface area contributed by atoms with Gasteiger partial charge in [0.25, 0.3) is 0 Å². The minimum absolute atomic E-state index is 0. The molecule has 1 saturated carbocycles. The Morgan fingerprint density at radius 1 is 0.811 bits per heavy atom. The Hall–Kier alpha value is -4.22. The fourth-order valence-electron chi connectivity index (χ4n) is 6.81. The zero-order valence-electron chi connectivity index (χ0n) is 35.4. The van der Waals surface area contributed by atoms with E-state index in [1.54, 1.807) is 12.3 Å². The van der Waals surface area contributed by atoms with Crippen molar-refractivity contribution in [3.63, 3.8) is 0 Å². The summed E-state index contributed by atoms with van der Waals surface area (Å²) in [5.74, 6) is 0.0549. The van der Waals surface area contributed by atoms with E-state index in [1.165, 1.54) is 0 Å². The summed E-state index contributed by atoms with van der Waals surface area (Å²) in [6.45, 7) is 12.6. The SMILES string of the molecule is [2H]C([2H])(c1cc(-c2[c-]cccc2)ncc1[Si](C)(C)C)C(C)(C)C.[2H]C([2H])(c1ccnc(-c2[c-]ccc3c2oc2nc(-c4ccccc4)ccc23)c1)C1CCCC1.[Ir]. The minimum atomic E-state index is -1.70. The largest absolute Gasteiger partial charge is 0.486 e. The summed E-state index contributed by atoms with van der Waals surface area (Å²) >= 11 is 0. The molecule has 0 atom stereocenters. The molecule has 0 saturated heterocycles. The molecule has 0 spiro atoms. The molecule has 0 unspecified atom stereocenters. The first-order chi connectivity index (χ1) is 26.6. The van der Waals surface area contributed by atoms with Crippen LogP contribution in [-0.4, -0.2) is 23.0 Å². The fourth-order valence-corrected chi connectivity index (χ4v) is 8.20. The maximum atomic E-state index is 8.77. The van der Waals surface area contributed by atoms with Gasteiger partial charge in [0.1, 0.15) is 0 Å². The maximum absolute atomic E-state index is 8.77. The van der Waals surface area contributed by atoms with Gasteiger partial charge in [-0.05, 0) is 58.9 Å². The molecule has 0 aliphatic heterocycles. The van der Waals surface area contributed by atoms with Crippen LogP contribution in [0.25, 0.3) is 55.8 Å². The second-order valence-electron chi connectivity index (χ2n) is 15.7. The monoisotopic (exact) mass is 896 g/mol. The van der Waals surface area contributed by atoms with Gasteiger partial charge in [-0.3, -0.25) is 0 Å². The standard InChI is InChI=1S/C28H23N2O.C19H26NSi.Ir/c1-2-9-21(10-3-1)25-14-13-23-22-11-6-12-24(27(22)31-28(23)30-25)26-18-20(15-16-29-26)17-19-7-4-5-8-19;1-19(2,3)13-16-12-17(15-10-8-7-9-11-15)20-14-18(16)21(4,5)6;/h1-3,6,9-11,13-16,18-19H,4-5,7-8,17H2;7-10,12,14H,13H2,1-6H3;/q2*-1;/i17D2;13D2;. The van der Waals surface area contributed by atoms with E-state index < -0.39 is 26.2 Å². The van der Waals surface area contributed by atoms with Crippen molar-refractivity contribution in [3.8, 4) is 33.8 Å². The molecule has 4 heterocycles. The number of furan rings is 1. The third kappa shape index (κ3) is 9.30. The first kappa shape index (κ1) is 33.4. The molecule has 273 valence electrons. The molecule has 4 nitrogen and oxygen atoms in total. The molecule has 0 amide bonds. The first-order valence-corrected chi connectivity index (χ1v) is 21.8. The molecule has 0 bridgehead atoms. The van der Waals surface area contributed by atoms with Crippen molar-refractivity contribution < 1.29 is 30.0 Å². The Morgan fingerprint density at radius 2 is 1.58 bits per heavy atom. The molecular weight excluding hydrogens is 843 g/mol. The van der Waals surface area contributed by atoms with Crippen LogP contribution in [0.1, 0.15) is 63.1 Å². The van der Waals surface area contributed by atoms with Crippen LogP contribution in [0, 0.1) is 23.5 Å². The average molecular weight is 896 g/mol. The van der Waals surface area contributed by atoms with Crippen molar-refractivity contribution in [1.29, 1.82) is 0 Å². The minimum Gasteiger partial charge on any atom is -0.486 e. The van der Waals surface area contributed by atoms with E-state index in [9.17, 15) is 0 Å². The predicted octanol–water partition coefficient (Wildman–Crippen LogP) is 11.9. The van der Waals surface area contributed by atoms with Crippen molar-refractivity contribution in [1.82, 2.24) is 15.0 Å². The Bertz CT molecular complexity index is 2470. The van der Waals surface area contributed by atoms with Crippen LogP contribution < -0.4 is 5.19 Å². The molecule has 53 heavy (non-hydrogen) atoms. The maximum Gasteiger partial charge on any atom is 0.216 e. The van der Waals surface area contributed by atoms with Gasteiger partial charge in [-0.2, -0.15) is 0 Å². The number of fused-ring (bicyclic) bond motifs is 3. The molecule has 1 aliphatic rings. The molecule has 1 aliphatic carbocycles. The zero-order chi connectivity index (χ0) is 39.9. The normalized spacial score (nSPS) is 15.1. The van der Waals surface area contributed by atoms with E-state index >= 15 is 0 Å². The van der Waals surface area contributed by atoms with Gasteiger partial charge in [0, 0.05) is 48.9 Å². The van der Waals surface area contributed by atoms with E-state index in [1.807, 2.05) is 118 Å². The van der Waals surface area contributed by atoms with Gasteiger partial charge in [0.2, 0.25) is 5.71 Å². The number of nitrogens with zero attached hydrogens (tertiary/aromatic N) is 3. The Morgan fingerprint density at radius 3 is 2.30 bits per heavy atom. The van der Waals surface area contributed by atoms with Crippen LogP contribution in [0.5, 0.6) is 0 Å². The van der Waals surface area contributed by atoms with Gasteiger partial charge in [0.15, 0.2) is 0 Å². The van der Waals surface area contributed by atoms with E-state index in [0.29, 0.717) is 22.6 Å². The van der Waals surface area contributed by atoms with Crippen LogP contribution in [-0.2, 0) is 32.9 Å². The number of aromatic nitrogens is 3. The molecule has 4 aromatic heterocycles. The van der Waals surface area contributed by atoms with Crippen LogP contribution >= 0.6 is 0 Å². The van der Waals surface area contributed by atoms with Gasteiger partial charge in [-0.1, -0.05) is 131 Å². The predicted molar refractivity (Wildman–Crippen MR) is 219 cm³/mol. The van der Waals surface area contributed by atoms with Crippen molar-refractivity contribution in [3.05, 3.63) is 133 Å². The number of rotatable bonds is 7. The first-order valence-electron chi connectivity index (χ1n) is 20.3. The second-order valence-corrected chi connectivity index (χ2v) is 20.7. The Balaban J connectivity index is 0.000000203. The second kappa shape index (κ2) is 16.4. The molecule has 1 fully saturated rings. The van der Waals surface area contributed by atoms with Gasteiger partial charge in [0.05, 0.1) is 19.4 Å². The Kier molecular flexibility index (Phi) is 10.3. The number of hydrogen-bond donors (Lipinski definition) is 0. The van der Waals surface area contributed by atoms with E-state index in [4.69, 9.17) is 14.9 Å². The third-order valence-corrected chi connectivity index (χ3v) is 11.3. The topological polar surface area (TPSA) is 51.8 Å². The number of benzene rings is 3. The quantitative estimate of drug-likeness (QED) is 0.118. The average Bonchev–Trinajstić information content (AvgIpc) is 3.87. The summed E-state index contributed by atoms with van der Waals surface area (Å²) in [5, 5.41) is 2.99. The molecule has 7 aromatic rings. The van der Waals surface area contributed by atoms with Gasteiger partial charge in [-0.25, -0.2) is 4.98 Å². The fraction of sp³-hybridized carbons (Fsp3) is 0.298. The van der Waals surface area contributed by atoms with Crippen molar-refractivity contribution in [2.24, 2.45) is 11.3 Å². The van der Waals surface area contributed by atoms with Crippen molar-refractivity contribution in [2.75, 3.05) is 0 Å². The molecule has 3 aromatic carbocycles. The summed E-state index contributed by atoms with van der Waals surface area (Å²) < 4.78 is 41.3. The molecule has 1 radical (unpaired) electrons.